The van der Waals surface area contributed by atoms with Gasteiger partial charge in [0.1, 0.15) is 0 Å². The van der Waals surface area contributed by atoms with Gasteiger partial charge in [0.25, 0.3) is 0 Å². The van der Waals surface area contributed by atoms with E-state index in [9.17, 15) is 0 Å². The van der Waals surface area contributed by atoms with Crippen LogP contribution in [0.4, 0.5) is 0 Å². The van der Waals surface area contributed by atoms with E-state index in [4.69, 9.17) is 0 Å². The van der Waals surface area contributed by atoms with Gasteiger partial charge in [0.05, 0.1) is 5.01 Å². The number of aryl methyl sites for hydroxylation is 1. The standard InChI is InChI=1S/C11H19N3S/c1-9-13-8-11(15-9)7-12-5-6-14(2)10-3-4-10/h8,10,12H,3-7H2,1-2H3. The lowest BCUT2D eigenvalue weighted by Gasteiger charge is -2.15. The molecule has 0 radical (unpaired) electrons. The van der Waals surface area contributed by atoms with Gasteiger partial charge in [-0.25, -0.2) is 4.98 Å². The van der Waals surface area contributed by atoms with Crippen molar-refractivity contribution in [3.8, 4) is 0 Å². The summed E-state index contributed by atoms with van der Waals surface area (Å²) in [5.41, 5.74) is 0. The minimum absolute atomic E-state index is 0.873. The normalized spacial score (nSPS) is 16.2. The minimum Gasteiger partial charge on any atom is -0.311 e. The molecule has 4 heteroatoms. The van der Waals surface area contributed by atoms with Crippen LogP contribution in [0.3, 0.4) is 0 Å². The van der Waals surface area contributed by atoms with Crippen molar-refractivity contribution >= 4 is 11.3 Å². The van der Waals surface area contributed by atoms with E-state index in [1.54, 1.807) is 11.3 Å². The fourth-order valence-electron chi connectivity index (χ4n) is 1.65. The van der Waals surface area contributed by atoms with Crippen LogP contribution in [-0.2, 0) is 6.54 Å². The topological polar surface area (TPSA) is 28.2 Å². The maximum absolute atomic E-state index is 4.24. The monoisotopic (exact) mass is 225 g/mol. The Morgan fingerprint density at radius 3 is 3.00 bits per heavy atom. The molecule has 0 aromatic carbocycles. The van der Waals surface area contributed by atoms with Crippen molar-refractivity contribution in [2.75, 3.05) is 20.1 Å². The molecule has 1 aliphatic rings. The number of likely N-dealkylation sites (N-methyl/N-ethyl adjacent to an activating group) is 1. The Morgan fingerprint density at radius 2 is 2.40 bits per heavy atom. The van der Waals surface area contributed by atoms with Gasteiger partial charge >= 0.3 is 0 Å². The van der Waals surface area contributed by atoms with Crippen molar-refractivity contribution in [3.63, 3.8) is 0 Å². The highest BCUT2D eigenvalue weighted by atomic mass is 32.1. The van der Waals surface area contributed by atoms with Gasteiger partial charge in [-0.05, 0) is 26.8 Å². The second kappa shape index (κ2) is 5.05. The van der Waals surface area contributed by atoms with Crippen LogP contribution in [0.5, 0.6) is 0 Å². The van der Waals surface area contributed by atoms with Crippen LogP contribution in [0, 0.1) is 6.92 Å². The molecule has 1 aliphatic carbocycles. The number of nitrogens with one attached hydrogen (secondary N) is 1. The fraction of sp³-hybridized carbons (Fsp3) is 0.727. The van der Waals surface area contributed by atoms with Crippen LogP contribution in [-0.4, -0.2) is 36.1 Å². The summed E-state index contributed by atoms with van der Waals surface area (Å²) in [4.78, 5) is 8.02. The molecular formula is C11H19N3S. The maximum atomic E-state index is 4.24. The SMILES string of the molecule is Cc1ncc(CNCCN(C)C2CC2)s1. The molecule has 2 rings (SSSR count). The van der Waals surface area contributed by atoms with Crippen molar-refractivity contribution in [2.45, 2.75) is 32.4 Å². The number of thiazole rings is 1. The first-order chi connectivity index (χ1) is 7.25. The predicted octanol–water partition coefficient (Wildman–Crippen LogP) is 1.64. The number of nitrogens with zero attached hydrogens (tertiary/aromatic N) is 2. The third kappa shape index (κ3) is 3.55. The molecule has 1 aromatic rings. The van der Waals surface area contributed by atoms with Crippen molar-refractivity contribution in [1.29, 1.82) is 0 Å². The smallest absolute Gasteiger partial charge is 0.0897 e. The average Bonchev–Trinajstić information content (AvgIpc) is 2.98. The van der Waals surface area contributed by atoms with Gasteiger partial charge in [-0.2, -0.15) is 0 Å². The van der Waals surface area contributed by atoms with Crippen LogP contribution in [0.1, 0.15) is 22.7 Å². The van der Waals surface area contributed by atoms with E-state index in [2.05, 4.69) is 29.2 Å². The van der Waals surface area contributed by atoms with E-state index in [0.717, 1.165) is 30.7 Å². The van der Waals surface area contributed by atoms with E-state index in [-0.39, 0.29) is 0 Å². The fourth-order valence-corrected chi connectivity index (χ4v) is 2.42. The second-order valence-electron chi connectivity index (χ2n) is 4.23. The third-order valence-electron chi connectivity index (χ3n) is 2.78. The first kappa shape index (κ1) is 11.0. The summed E-state index contributed by atoms with van der Waals surface area (Å²) in [6.45, 7) is 5.24. The molecule has 1 fully saturated rings. The zero-order valence-electron chi connectivity index (χ0n) is 9.49. The van der Waals surface area contributed by atoms with Gasteiger partial charge in [-0.15, -0.1) is 11.3 Å². The van der Waals surface area contributed by atoms with Gasteiger partial charge in [0.2, 0.25) is 0 Å². The highest BCUT2D eigenvalue weighted by Gasteiger charge is 2.25. The van der Waals surface area contributed by atoms with E-state index in [1.165, 1.54) is 17.7 Å². The molecule has 1 heterocycles. The quantitative estimate of drug-likeness (QED) is 0.746. The van der Waals surface area contributed by atoms with Crippen molar-refractivity contribution in [2.24, 2.45) is 0 Å². The average molecular weight is 225 g/mol. The lowest BCUT2D eigenvalue weighted by atomic mass is 10.4. The van der Waals surface area contributed by atoms with E-state index in [1.807, 2.05) is 6.20 Å². The molecule has 1 saturated carbocycles. The Morgan fingerprint density at radius 1 is 1.60 bits per heavy atom. The molecule has 0 saturated heterocycles. The minimum atomic E-state index is 0.873. The first-order valence-electron chi connectivity index (χ1n) is 5.58. The predicted molar refractivity (Wildman–Crippen MR) is 64.2 cm³/mol. The van der Waals surface area contributed by atoms with E-state index >= 15 is 0 Å². The Labute approximate surface area is 95.5 Å². The maximum Gasteiger partial charge on any atom is 0.0897 e. The molecule has 0 aliphatic heterocycles. The molecule has 1 aromatic heterocycles. The number of hydrogen-bond donors (Lipinski definition) is 1. The van der Waals surface area contributed by atoms with Crippen LogP contribution in [0.15, 0.2) is 6.20 Å². The Hall–Kier alpha value is -0.450. The summed E-state index contributed by atoms with van der Waals surface area (Å²) in [5.74, 6) is 0. The highest BCUT2D eigenvalue weighted by molar-refractivity contribution is 7.11. The Kier molecular flexibility index (Phi) is 3.72. The lowest BCUT2D eigenvalue weighted by Crippen LogP contribution is -2.30. The zero-order valence-corrected chi connectivity index (χ0v) is 10.3. The molecule has 0 unspecified atom stereocenters. The molecular weight excluding hydrogens is 206 g/mol. The molecule has 84 valence electrons. The lowest BCUT2D eigenvalue weighted by molar-refractivity contribution is 0.322. The van der Waals surface area contributed by atoms with Crippen LogP contribution in [0.25, 0.3) is 0 Å². The Bertz CT molecular complexity index is 307. The van der Waals surface area contributed by atoms with Crippen LogP contribution < -0.4 is 5.32 Å². The highest BCUT2D eigenvalue weighted by Crippen LogP contribution is 2.24. The summed E-state index contributed by atoms with van der Waals surface area (Å²) in [5, 5.41) is 4.61. The van der Waals surface area contributed by atoms with Crippen molar-refractivity contribution in [3.05, 3.63) is 16.1 Å². The van der Waals surface area contributed by atoms with Gasteiger partial charge in [0, 0.05) is 36.8 Å². The number of rotatable bonds is 6. The Balaban J connectivity index is 1.58. The molecule has 15 heavy (non-hydrogen) atoms. The first-order valence-corrected chi connectivity index (χ1v) is 6.39. The van der Waals surface area contributed by atoms with Gasteiger partial charge < -0.3 is 10.2 Å². The molecule has 0 atom stereocenters. The van der Waals surface area contributed by atoms with Crippen molar-refractivity contribution < 1.29 is 0 Å². The molecule has 3 nitrogen and oxygen atoms in total. The van der Waals surface area contributed by atoms with Crippen LogP contribution >= 0.6 is 11.3 Å². The van der Waals surface area contributed by atoms with Gasteiger partial charge in [0.15, 0.2) is 0 Å². The molecule has 0 spiro atoms. The summed E-state index contributed by atoms with van der Waals surface area (Å²) in [6.07, 6.45) is 4.76. The largest absolute Gasteiger partial charge is 0.311 e. The summed E-state index contributed by atoms with van der Waals surface area (Å²) in [7, 11) is 2.22. The van der Waals surface area contributed by atoms with E-state index in [0.29, 0.717) is 0 Å². The number of aromatic nitrogens is 1. The molecule has 1 N–H and O–H groups in total. The van der Waals surface area contributed by atoms with Gasteiger partial charge in [-0.3, -0.25) is 0 Å². The van der Waals surface area contributed by atoms with Crippen LogP contribution in [0.2, 0.25) is 0 Å². The molecule has 0 amide bonds. The summed E-state index contributed by atoms with van der Waals surface area (Å²) in [6, 6.07) is 0.873. The summed E-state index contributed by atoms with van der Waals surface area (Å²) >= 11 is 1.78. The van der Waals surface area contributed by atoms with E-state index < -0.39 is 0 Å². The number of hydrogen-bond acceptors (Lipinski definition) is 4. The van der Waals surface area contributed by atoms with Crippen molar-refractivity contribution in [1.82, 2.24) is 15.2 Å². The summed E-state index contributed by atoms with van der Waals surface area (Å²) < 4.78 is 0. The second-order valence-corrected chi connectivity index (χ2v) is 5.55. The third-order valence-corrected chi connectivity index (χ3v) is 3.69. The zero-order chi connectivity index (χ0) is 10.7. The van der Waals surface area contributed by atoms with Gasteiger partial charge in [-0.1, -0.05) is 0 Å². The molecule has 0 bridgehead atoms.